The van der Waals surface area contributed by atoms with Crippen LogP contribution in [0, 0.1) is 0 Å². The molecule has 122 valence electrons. The van der Waals surface area contributed by atoms with Crippen LogP contribution in [0.4, 0.5) is 0 Å². The van der Waals surface area contributed by atoms with E-state index >= 15 is 0 Å². The predicted octanol–water partition coefficient (Wildman–Crippen LogP) is 1.98. The van der Waals surface area contributed by atoms with Gasteiger partial charge in [0.1, 0.15) is 6.54 Å². The van der Waals surface area contributed by atoms with E-state index in [-0.39, 0.29) is 36.4 Å². The number of rotatable bonds is 6. The molecule has 1 saturated carbocycles. The van der Waals surface area contributed by atoms with Crippen LogP contribution in [-0.2, 0) is 11.3 Å². The summed E-state index contributed by atoms with van der Waals surface area (Å²) in [5.74, 6) is 0.758. The van der Waals surface area contributed by atoms with Gasteiger partial charge in [0.05, 0.1) is 0 Å². The zero-order valence-corrected chi connectivity index (χ0v) is 15.5. The number of aliphatic imine (C=N–C) groups is 1. The molecule has 0 aliphatic heterocycles. The third-order valence-electron chi connectivity index (χ3n) is 3.27. The van der Waals surface area contributed by atoms with Crippen molar-refractivity contribution in [3.8, 4) is 0 Å². The molecule has 1 aliphatic rings. The van der Waals surface area contributed by atoms with Crippen LogP contribution in [0.3, 0.4) is 0 Å². The topological polar surface area (TPSA) is 56.7 Å². The first-order valence-corrected chi connectivity index (χ1v) is 7.51. The van der Waals surface area contributed by atoms with Crippen molar-refractivity contribution in [3.63, 3.8) is 0 Å². The van der Waals surface area contributed by atoms with Gasteiger partial charge in [-0.3, -0.25) is 4.79 Å². The minimum absolute atomic E-state index is 0. The normalized spacial score (nSPS) is 14.0. The Morgan fingerprint density at radius 1 is 1.32 bits per heavy atom. The highest BCUT2D eigenvalue weighted by Crippen LogP contribution is 2.18. The molecular formula is C16H25IN4O. The Bertz CT molecular complexity index is 488. The van der Waals surface area contributed by atoms with Crippen molar-refractivity contribution < 1.29 is 4.79 Å². The first-order valence-electron chi connectivity index (χ1n) is 7.51. The Hall–Kier alpha value is -1.31. The summed E-state index contributed by atoms with van der Waals surface area (Å²) in [7, 11) is 1.98. The highest BCUT2D eigenvalue weighted by molar-refractivity contribution is 14.0. The zero-order chi connectivity index (χ0) is 15.1. The van der Waals surface area contributed by atoms with Gasteiger partial charge in [0, 0.05) is 26.2 Å². The largest absolute Gasteiger partial charge is 0.357 e. The van der Waals surface area contributed by atoms with Gasteiger partial charge in [-0.05, 0) is 25.3 Å². The summed E-state index contributed by atoms with van der Waals surface area (Å²) in [6.07, 6.45) is 2.20. The van der Waals surface area contributed by atoms with Crippen LogP contribution in [0.1, 0.15) is 25.3 Å². The van der Waals surface area contributed by atoms with E-state index in [2.05, 4.69) is 27.8 Å². The summed E-state index contributed by atoms with van der Waals surface area (Å²) in [6, 6.07) is 10.6. The Kier molecular flexibility index (Phi) is 8.22. The van der Waals surface area contributed by atoms with Crippen molar-refractivity contribution in [2.75, 3.05) is 20.1 Å². The maximum atomic E-state index is 11.7. The van der Waals surface area contributed by atoms with Crippen LogP contribution >= 0.6 is 24.0 Å². The second kappa shape index (κ2) is 9.66. The van der Waals surface area contributed by atoms with Gasteiger partial charge in [-0.2, -0.15) is 0 Å². The molecule has 0 spiro atoms. The Labute approximate surface area is 149 Å². The fourth-order valence-corrected chi connectivity index (χ4v) is 2.05. The highest BCUT2D eigenvalue weighted by atomic mass is 127. The van der Waals surface area contributed by atoms with Crippen LogP contribution in [-0.4, -0.2) is 42.9 Å². The molecule has 1 aromatic rings. The zero-order valence-electron chi connectivity index (χ0n) is 13.2. The predicted molar refractivity (Wildman–Crippen MR) is 100 cm³/mol. The van der Waals surface area contributed by atoms with Gasteiger partial charge in [-0.15, -0.1) is 24.0 Å². The molecule has 2 N–H and O–H groups in total. The number of halogens is 1. The van der Waals surface area contributed by atoms with Crippen LogP contribution in [0.15, 0.2) is 35.3 Å². The van der Waals surface area contributed by atoms with E-state index in [1.54, 1.807) is 0 Å². The molecule has 1 amide bonds. The number of amides is 1. The summed E-state index contributed by atoms with van der Waals surface area (Å²) in [5, 5.41) is 6.17. The molecule has 0 heterocycles. The van der Waals surface area contributed by atoms with Crippen molar-refractivity contribution >= 4 is 35.8 Å². The Balaban J connectivity index is 0.00000242. The van der Waals surface area contributed by atoms with E-state index in [4.69, 9.17) is 0 Å². The summed E-state index contributed by atoms with van der Waals surface area (Å²) >= 11 is 0. The molecule has 0 radical (unpaired) electrons. The maximum Gasteiger partial charge on any atom is 0.242 e. The molecule has 0 unspecified atom stereocenters. The van der Waals surface area contributed by atoms with Crippen LogP contribution < -0.4 is 10.6 Å². The summed E-state index contributed by atoms with van der Waals surface area (Å²) in [4.78, 5) is 18.2. The van der Waals surface area contributed by atoms with Gasteiger partial charge in [0.15, 0.2) is 5.96 Å². The number of carbonyl (C=O) groups excluding carboxylic acids is 1. The summed E-state index contributed by atoms with van der Waals surface area (Å²) in [5.41, 5.74) is 1.22. The first-order chi connectivity index (χ1) is 10.2. The fraction of sp³-hybridized carbons (Fsp3) is 0.500. The molecule has 0 saturated heterocycles. The molecule has 5 nitrogen and oxygen atoms in total. The number of benzene rings is 1. The lowest BCUT2D eigenvalue weighted by atomic mass is 10.2. The third kappa shape index (κ3) is 6.64. The Morgan fingerprint density at radius 3 is 2.59 bits per heavy atom. The smallest absolute Gasteiger partial charge is 0.242 e. The van der Waals surface area contributed by atoms with Crippen molar-refractivity contribution in [2.24, 2.45) is 4.99 Å². The van der Waals surface area contributed by atoms with Crippen LogP contribution in [0.2, 0.25) is 0 Å². The van der Waals surface area contributed by atoms with Gasteiger partial charge in [0.25, 0.3) is 0 Å². The monoisotopic (exact) mass is 416 g/mol. The standard InChI is InChI=1S/C16H24N4O.HI/c1-3-17-16(18-11-15(21)19-14-9-10-14)20(2)12-13-7-5-4-6-8-13;/h4-8,14H,3,9-12H2,1-2H3,(H,17,18)(H,19,21);1H. The van der Waals surface area contributed by atoms with Gasteiger partial charge >= 0.3 is 0 Å². The third-order valence-corrected chi connectivity index (χ3v) is 3.27. The van der Waals surface area contributed by atoms with Crippen molar-refractivity contribution in [1.29, 1.82) is 0 Å². The number of guanidine groups is 1. The SMILES string of the molecule is CCNC(=NCC(=O)NC1CC1)N(C)Cc1ccccc1.I. The second-order valence-corrected chi connectivity index (χ2v) is 5.35. The van der Waals surface area contributed by atoms with Crippen molar-refractivity contribution in [3.05, 3.63) is 35.9 Å². The van der Waals surface area contributed by atoms with E-state index in [1.165, 1.54) is 5.56 Å². The lowest BCUT2D eigenvalue weighted by Gasteiger charge is -2.22. The average Bonchev–Trinajstić information content (AvgIpc) is 3.28. The van der Waals surface area contributed by atoms with Gasteiger partial charge in [-0.1, -0.05) is 30.3 Å². The van der Waals surface area contributed by atoms with E-state index in [0.29, 0.717) is 6.04 Å². The fourth-order valence-electron chi connectivity index (χ4n) is 2.05. The molecule has 1 aliphatic carbocycles. The molecule has 1 fully saturated rings. The quantitative estimate of drug-likeness (QED) is 0.424. The van der Waals surface area contributed by atoms with Gasteiger partial charge in [0.2, 0.25) is 5.91 Å². The molecule has 6 heteroatoms. The molecular weight excluding hydrogens is 391 g/mol. The van der Waals surface area contributed by atoms with Crippen LogP contribution in [0.5, 0.6) is 0 Å². The maximum absolute atomic E-state index is 11.7. The first kappa shape index (κ1) is 18.7. The average molecular weight is 416 g/mol. The Morgan fingerprint density at radius 2 is 2.00 bits per heavy atom. The molecule has 2 rings (SSSR count). The molecule has 0 atom stereocenters. The number of hydrogen-bond donors (Lipinski definition) is 2. The molecule has 1 aromatic carbocycles. The highest BCUT2D eigenvalue weighted by Gasteiger charge is 2.22. The minimum Gasteiger partial charge on any atom is -0.357 e. The van der Waals surface area contributed by atoms with Crippen LogP contribution in [0.25, 0.3) is 0 Å². The van der Waals surface area contributed by atoms with Gasteiger partial charge in [-0.25, -0.2) is 4.99 Å². The number of nitrogens with one attached hydrogen (secondary N) is 2. The number of hydrogen-bond acceptors (Lipinski definition) is 2. The minimum atomic E-state index is 0. The van der Waals surface area contributed by atoms with Crippen molar-refractivity contribution in [2.45, 2.75) is 32.4 Å². The van der Waals surface area contributed by atoms with Crippen molar-refractivity contribution in [1.82, 2.24) is 15.5 Å². The van der Waals surface area contributed by atoms with E-state index in [9.17, 15) is 4.79 Å². The van der Waals surface area contributed by atoms with Gasteiger partial charge < -0.3 is 15.5 Å². The molecule has 0 bridgehead atoms. The molecule has 0 aromatic heterocycles. The number of nitrogens with zero attached hydrogens (tertiary/aromatic N) is 2. The van der Waals surface area contributed by atoms with E-state index < -0.39 is 0 Å². The lowest BCUT2D eigenvalue weighted by Crippen LogP contribution is -2.39. The second-order valence-electron chi connectivity index (χ2n) is 5.35. The lowest BCUT2D eigenvalue weighted by molar-refractivity contribution is -0.119. The summed E-state index contributed by atoms with van der Waals surface area (Å²) in [6.45, 7) is 3.74. The summed E-state index contributed by atoms with van der Waals surface area (Å²) < 4.78 is 0. The van der Waals surface area contributed by atoms with E-state index in [0.717, 1.165) is 31.9 Å². The molecule has 22 heavy (non-hydrogen) atoms. The van der Waals surface area contributed by atoms with E-state index in [1.807, 2.05) is 37.1 Å². The number of carbonyl (C=O) groups is 1.